The number of fused-ring (bicyclic) bond motifs is 4. The first kappa shape index (κ1) is 22.4. The highest BCUT2D eigenvalue weighted by Crippen LogP contribution is 2.43. The molecule has 0 spiro atoms. The first-order valence-corrected chi connectivity index (χ1v) is 12.0. The van der Waals surface area contributed by atoms with E-state index in [1.54, 1.807) is 24.3 Å². The van der Waals surface area contributed by atoms with Crippen molar-refractivity contribution < 1.29 is 23.7 Å². The third kappa shape index (κ3) is 4.39. The second-order valence-corrected chi connectivity index (χ2v) is 9.53. The largest absolute Gasteiger partial charge is 0.478 e. The van der Waals surface area contributed by atoms with Gasteiger partial charge in [-0.15, -0.1) is 0 Å². The molecule has 35 heavy (non-hydrogen) atoms. The van der Waals surface area contributed by atoms with Gasteiger partial charge in [0.1, 0.15) is 24.0 Å². The lowest BCUT2D eigenvalue weighted by Crippen LogP contribution is -2.33. The molecule has 3 aliphatic rings. The van der Waals surface area contributed by atoms with Crippen LogP contribution in [0.25, 0.3) is 6.08 Å². The highest BCUT2D eigenvalue weighted by molar-refractivity contribution is 6.31. The highest BCUT2D eigenvalue weighted by Gasteiger charge is 2.34. The van der Waals surface area contributed by atoms with Crippen LogP contribution in [0.15, 0.2) is 54.3 Å². The van der Waals surface area contributed by atoms with E-state index in [9.17, 15) is 4.79 Å². The molecule has 178 valence electrons. The Morgan fingerprint density at radius 3 is 2.69 bits per heavy atom. The fourth-order valence-electron chi connectivity index (χ4n) is 4.54. The summed E-state index contributed by atoms with van der Waals surface area (Å²) in [5, 5.41) is 1.26. The molecule has 0 saturated heterocycles. The molecule has 3 aliphatic heterocycles. The number of Topliss-reactive ketones (excluding diaryl/α,β-unsaturated/α-hetero) is 1. The molecule has 3 aromatic carbocycles. The van der Waals surface area contributed by atoms with Crippen molar-refractivity contribution in [2.75, 3.05) is 20.1 Å². The normalized spacial score (nSPS) is 17.8. The Labute approximate surface area is 212 Å². The predicted octanol–water partition coefficient (Wildman–Crippen LogP) is 5.87. The smallest absolute Gasteiger partial charge is 0.231 e. The maximum atomic E-state index is 13.2. The van der Waals surface area contributed by atoms with Gasteiger partial charge in [0.05, 0.1) is 17.7 Å². The molecule has 0 fully saturated rings. The SMILES string of the molecule is O=C1/C(=C/c2cc(Cl)cc3c2OCOC3)Oc2c1ccc1c2CN(CCc2ccc(Cl)cc2)CO1. The van der Waals surface area contributed by atoms with Crippen molar-refractivity contribution in [1.29, 1.82) is 0 Å². The Bertz CT molecular complexity index is 1350. The lowest BCUT2D eigenvalue weighted by molar-refractivity contribution is -0.0165. The maximum Gasteiger partial charge on any atom is 0.231 e. The number of carbonyl (C=O) groups is 1. The number of ether oxygens (including phenoxy) is 4. The number of ketones is 1. The Kier molecular flexibility index (Phi) is 5.90. The molecule has 0 unspecified atom stereocenters. The van der Waals surface area contributed by atoms with Gasteiger partial charge < -0.3 is 18.9 Å². The van der Waals surface area contributed by atoms with Gasteiger partial charge in [0, 0.05) is 34.3 Å². The fourth-order valence-corrected chi connectivity index (χ4v) is 4.92. The molecule has 0 aliphatic carbocycles. The van der Waals surface area contributed by atoms with E-state index >= 15 is 0 Å². The fraction of sp³-hybridized carbons (Fsp3) is 0.222. The van der Waals surface area contributed by atoms with Crippen LogP contribution in [0.2, 0.25) is 10.0 Å². The van der Waals surface area contributed by atoms with Crippen LogP contribution in [-0.2, 0) is 24.3 Å². The van der Waals surface area contributed by atoms with Gasteiger partial charge in [0.15, 0.2) is 12.6 Å². The molecule has 3 aromatic rings. The van der Waals surface area contributed by atoms with E-state index in [2.05, 4.69) is 4.90 Å². The molecule has 0 radical (unpaired) electrons. The Balaban J connectivity index is 1.25. The van der Waals surface area contributed by atoms with Crippen molar-refractivity contribution in [3.63, 3.8) is 0 Å². The summed E-state index contributed by atoms with van der Waals surface area (Å²) < 4.78 is 23.2. The Morgan fingerprint density at radius 2 is 1.83 bits per heavy atom. The predicted molar refractivity (Wildman–Crippen MR) is 132 cm³/mol. The molecule has 8 heteroatoms. The maximum absolute atomic E-state index is 13.2. The van der Waals surface area contributed by atoms with Crippen molar-refractivity contribution in [3.8, 4) is 17.2 Å². The van der Waals surface area contributed by atoms with E-state index in [-0.39, 0.29) is 18.3 Å². The molecule has 3 heterocycles. The molecule has 6 nitrogen and oxygen atoms in total. The van der Waals surface area contributed by atoms with Crippen LogP contribution in [0.1, 0.15) is 32.6 Å². The zero-order valence-corrected chi connectivity index (χ0v) is 20.2. The number of hydrogen-bond acceptors (Lipinski definition) is 6. The van der Waals surface area contributed by atoms with E-state index in [0.29, 0.717) is 47.5 Å². The van der Waals surface area contributed by atoms with Crippen molar-refractivity contribution >= 4 is 35.1 Å². The average Bonchev–Trinajstić information content (AvgIpc) is 3.19. The summed E-state index contributed by atoms with van der Waals surface area (Å²) in [5.41, 5.74) is 4.12. The van der Waals surface area contributed by atoms with Crippen LogP contribution in [-0.4, -0.2) is 30.8 Å². The molecule has 0 atom stereocenters. The lowest BCUT2D eigenvalue weighted by Gasteiger charge is -2.29. The van der Waals surface area contributed by atoms with Crippen molar-refractivity contribution in [1.82, 2.24) is 4.90 Å². The summed E-state index contributed by atoms with van der Waals surface area (Å²) in [5.74, 6) is 1.99. The van der Waals surface area contributed by atoms with Gasteiger partial charge in [-0.1, -0.05) is 35.3 Å². The van der Waals surface area contributed by atoms with Gasteiger partial charge in [0.25, 0.3) is 0 Å². The highest BCUT2D eigenvalue weighted by atomic mass is 35.5. The minimum atomic E-state index is -0.179. The van der Waals surface area contributed by atoms with E-state index in [1.807, 2.05) is 30.3 Å². The quantitative estimate of drug-likeness (QED) is 0.410. The van der Waals surface area contributed by atoms with Gasteiger partial charge in [-0.05, 0) is 54.5 Å². The number of carbonyl (C=O) groups excluding carboxylic acids is 1. The summed E-state index contributed by atoms with van der Waals surface area (Å²) in [7, 11) is 0. The third-order valence-corrected chi connectivity index (χ3v) is 6.77. The molecule has 0 saturated carbocycles. The monoisotopic (exact) mass is 509 g/mol. The second-order valence-electron chi connectivity index (χ2n) is 8.66. The van der Waals surface area contributed by atoms with Crippen molar-refractivity contribution in [2.24, 2.45) is 0 Å². The third-order valence-electron chi connectivity index (χ3n) is 6.30. The van der Waals surface area contributed by atoms with Crippen molar-refractivity contribution in [3.05, 3.63) is 92.2 Å². The van der Waals surface area contributed by atoms with Crippen LogP contribution in [0.3, 0.4) is 0 Å². The van der Waals surface area contributed by atoms with Gasteiger partial charge >= 0.3 is 0 Å². The summed E-state index contributed by atoms with van der Waals surface area (Å²) in [6.07, 6.45) is 2.55. The standard InChI is InChI=1S/C27H21Cl2NO5/c28-19-3-1-16(2-4-19)7-8-30-12-22-23(33-14-30)6-5-21-25(31)24(35-27(21)22)11-17-9-20(29)10-18-13-32-15-34-26(17)18/h1-6,9-11H,7-8,12-15H2/b24-11-. The molecule has 0 amide bonds. The summed E-state index contributed by atoms with van der Waals surface area (Å²) in [6, 6.07) is 15.0. The van der Waals surface area contributed by atoms with E-state index in [0.717, 1.165) is 34.9 Å². The minimum absolute atomic E-state index is 0.149. The van der Waals surface area contributed by atoms with E-state index < -0.39 is 0 Å². The van der Waals surface area contributed by atoms with Gasteiger partial charge in [-0.2, -0.15) is 0 Å². The van der Waals surface area contributed by atoms with E-state index in [4.69, 9.17) is 42.1 Å². The molecule has 6 rings (SSSR count). The van der Waals surface area contributed by atoms with Crippen LogP contribution >= 0.6 is 23.2 Å². The summed E-state index contributed by atoms with van der Waals surface area (Å²) >= 11 is 12.3. The van der Waals surface area contributed by atoms with Crippen molar-refractivity contribution in [2.45, 2.75) is 19.6 Å². The Morgan fingerprint density at radius 1 is 0.971 bits per heavy atom. The van der Waals surface area contributed by atoms with Gasteiger partial charge in [-0.3, -0.25) is 9.69 Å². The first-order chi connectivity index (χ1) is 17.0. The molecular formula is C27H21Cl2NO5. The van der Waals surface area contributed by atoms with Crippen LogP contribution < -0.4 is 14.2 Å². The lowest BCUT2D eigenvalue weighted by atomic mass is 10.0. The number of nitrogens with zero attached hydrogens (tertiary/aromatic N) is 1. The molecule has 0 bridgehead atoms. The molecular weight excluding hydrogens is 489 g/mol. The Hall–Kier alpha value is -3.03. The summed E-state index contributed by atoms with van der Waals surface area (Å²) in [4.78, 5) is 15.4. The number of allylic oxidation sites excluding steroid dienone is 1. The summed E-state index contributed by atoms with van der Waals surface area (Å²) in [6.45, 7) is 2.45. The number of hydrogen-bond donors (Lipinski definition) is 0. The van der Waals surface area contributed by atoms with Gasteiger partial charge in [-0.25, -0.2) is 0 Å². The number of rotatable bonds is 4. The zero-order valence-electron chi connectivity index (χ0n) is 18.7. The number of benzene rings is 3. The zero-order chi connectivity index (χ0) is 23.9. The first-order valence-electron chi connectivity index (χ1n) is 11.3. The molecule has 0 aromatic heterocycles. The van der Waals surface area contributed by atoms with Crippen LogP contribution in [0.4, 0.5) is 0 Å². The topological polar surface area (TPSA) is 57.2 Å². The minimum Gasteiger partial charge on any atom is -0.478 e. The van der Waals surface area contributed by atoms with Crippen LogP contribution in [0, 0.1) is 0 Å². The van der Waals surface area contributed by atoms with E-state index in [1.165, 1.54) is 5.56 Å². The van der Waals surface area contributed by atoms with Crippen LogP contribution in [0.5, 0.6) is 17.2 Å². The van der Waals surface area contributed by atoms with Gasteiger partial charge in [0.2, 0.25) is 5.78 Å². The second kappa shape index (κ2) is 9.21. The number of halogens is 2. The molecule has 0 N–H and O–H groups in total. The average molecular weight is 510 g/mol.